The van der Waals surface area contributed by atoms with Crippen LogP contribution in [0.3, 0.4) is 0 Å². The molecule has 2 N–H and O–H groups in total. The zero-order valence-electron chi connectivity index (χ0n) is 17.8. The molecule has 10 heteroatoms. The van der Waals surface area contributed by atoms with Crippen LogP contribution < -0.4 is 15.5 Å². The molecular weight excluding hydrogens is 434 g/mol. The molecule has 0 bridgehead atoms. The summed E-state index contributed by atoms with van der Waals surface area (Å²) in [7, 11) is 0. The smallest absolute Gasteiger partial charge is 0.260 e. The van der Waals surface area contributed by atoms with Crippen LogP contribution in [-0.4, -0.2) is 44.8 Å². The second-order valence-electron chi connectivity index (χ2n) is 8.35. The van der Waals surface area contributed by atoms with Gasteiger partial charge in [0.25, 0.3) is 5.91 Å². The van der Waals surface area contributed by atoms with E-state index in [0.717, 1.165) is 24.2 Å². The third kappa shape index (κ3) is 3.59. The molecule has 166 valence electrons. The van der Waals surface area contributed by atoms with Crippen molar-refractivity contribution >= 4 is 45.4 Å². The highest BCUT2D eigenvalue weighted by molar-refractivity contribution is 7.05. The highest BCUT2D eigenvalue weighted by atomic mass is 32.1. The topological polar surface area (TPSA) is 74.6 Å². The van der Waals surface area contributed by atoms with Gasteiger partial charge in [-0.1, -0.05) is 0 Å². The number of imidazole rings is 1. The van der Waals surface area contributed by atoms with Crippen LogP contribution in [0.25, 0.3) is 16.6 Å². The number of rotatable bonds is 3. The van der Waals surface area contributed by atoms with Crippen molar-refractivity contribution in [2.45, 2.75) is 32.9 Å². The van der Waals surface area contributed by atoms with Crippen molar-refractivity contribution in [3.63, 3.8) is 0 Å². The Morgan fingerprint density at radius 1 is 1.19 bits per heavy atom. The summed E-state index contributed by atoms with van der Waals surface area (Å²) in [6.07, 6.45) is 3.20. The standard InChI is InChI=1S/C22H22F2N6OS/c1-11-6-29(7-12(2)25-11)18-5-16(23)19(20-15(18)10-32-28-20)22(31)27-14-4-17(24)21-26-13(3)8-30(21)9-14/h4-5,8-12,25H,6-7H2,1-3H3,(H,27,31)/t11-,12-/m1/s1. The van der Waals surface area contributed by atoms with Crippen LogP contribution in [0.5, 0.6) is 0 Å². The summed E-state index contributed by atoms with van der Waals surface area (Å²) in [5.74, 6) is -1.91. The van der Waals surface area contributed by atoms with Crippen molar-refractivity contribution in [2.75, 3.05) is 23.3 Å². The number of benzene rings is 1. The number of hydrogen-bond acceptors (Lipinski definition) is 6. The van der Waals surface area contributed by atoms with Crippen LogP contribution in [0.15, 0.2) is 29.9 Å². The van der Waals surface area contributed by atoms with Gasteiger partial charge in [-0.05, 0) is 38.4 Å². The molecule has 0 unspecified atom stereocenters. The minimum atomic E-state index is -0.678. The minimum absolute atomic E-state index is 0.149. The first-order chi connectivity index (χ1) is 15.3. The molecule has 4 aromatic rings. The molecule has 32 heavy (non-hydrogen) atoms. The number of nitrogens with one attached hydrogen (secondary N) is 2. The van der Waals surface area contributed by atoms with E-state index in [-0.39, 0.29) is 29.0 Å². The van der Waals surface area contributed by atoms with Gasteiger partial charge in [0.1, 0.15) is 16.9 Å². The van der Waals surface area contributed by atoms with Crippen LogP contribution in [0.2, 0.25) is 0 Å². The Labute approximate surface area is 187 Å². The SMILES string of the molecule is Cc1cn2cc(NC(=O)c3c(F)cc(N4C[C@@H](C)N[C@H](C)C4)c4csnc34)cc(F)c2n1. The molecule has 1 aliphatic heterocycles. The fourth-order valence-electron chi connectivity index (χ4n) is 4.42. The minimum Gasteiger partial charge on any atom is -0.368 e. The van der Waals surface area contributed by atoms with Gasteiger partial charge < -0.3 is 19.9 Å². The lowest BCUT2D eigenvalue weighted by molar-refractivity contribution is 0.102. The van der Waals surface area contributed by atoms with Crippen molar-refractivity contribution in [3.8, 4) is 0 Å². The Morgan fingerprint density at radius 2 is 1.94 bits per heavy atom. The first-order valence-electron chi connectivity index (χ1n) is 10.3. The van der Waals surface area contributed by atoms with Gasteiger partial charge in [0.2, 0.25) is 0 Å². The molecule has 3 aromatic heterocycles. The third-order valence-electron chi connectivity index (χ3n) is 5.59. The predicted octanol–water partition coefficient (Wildman–Crippen LogP) is 3.97. The van der Waals surface area contributed by atoms with E-state index < -0.39 is 17.5 Å². The maximum Gasteiger partial charge on any atom is 0.260 e. The molecule has 7 nitrogen and oxygen atoms in total. The number of aryl methyl sites for hydroxylation is 1. The lowest BCUT2D eigenvalue weighted by atomic mass is 10.0. The number of carbonyl (C=O) groups excluding carboxylic acids is 1. The molecule has 1 aromatic carbocycles. The Hall–Kier alpha value is -3.11. The van der Waals surface area contributed by atoms with Crippen molar-refractivity contribution in [1.29, 1.82) is 0 Å². The number of halogens is 2. The molecule has 1 aliphatic rings. The third-order valence-corrected chi connectivity index (χ3v) is 6.22. The van der Waals surface area contributed by atoms with E-state index in [1.165, 1.54) is 28.1 Å². The summed E-state index contributed by atoms with van der Waals surface area (Å²) < 4.78 is 35.5. The zero-order chi connectivity index (χ0) is 22.6. The predicted molar refractivity (Wildman–Crippen MR) is 122 cm³/mol. The number of hydrogen-bond donors (Lipinski definition) is 2. The molecule has 0 saturated carbocycles. The first kappa shape index (κ1) is 20.8. The Morgan fingerprint density at radius 3 is 2.69 bits per heavy atom. The van der Waals surface area contributed by atoms with Gasteiger partial charge in [-0.2, -0.15) is 4.37 Å². The van der Waals surface area contributed by atoms with Gasteiger partial charge in [-0.25, -0.2) is 13.8 Å². The highest BCUT2D eigenvalue weighted by Gasteiger charge is 2.27. The summed E-state index contributed by atoms with van der Waals surface area (Å²) >= 11 is 1.17. The van der Waals surface area contributed by atoms with Gasteiger partial charge in [0.15, 0.2) is 11.5 Å². The highest BCUT2D eigenvalue weighted by Crippen LogP contribution is 2.34. The maximum atomic E-state index is 15.3. The summed E-state index contributed by atoms with van der Waals surface area (Å²) in [4.78, 5) is 19.3. The van der Waals surface area contributed by atoms with E-state index in [2.05, 4.69) is 38.7 Å². The zero-order valence-corrected chi connectivity index (χ0v) is 18.6. The second kappa shape index (κ2) is 7.79. The van der Waals surface area contributed by atoms with Gasteiger partial charge in [0.05, 0.1) is 17.1 Å². The molecule has 2 atom stereocenters. The van der Waals surface area contributed by atoms with E-state index >= 15 is 4.39 Å². The number of carbonyl (C=O) groups is 1. The second-order valence-corrected chi connectivity index (χ2v) is 8.98. The quantitative estimate of drug-likeness (QED) is 0.488. The Balaban J connectivity index is 1.51. The van der Waals surface area contributed by atoms with Gasteiger partial charge >= 0.3 is 0 Å². The van der Waals surface area contributed by atoms with Crippen LogP contribution in [-0.2, 0) is 0 Å². The van der Waals surface area contributed by atoms with E-state index in [4.69, 9.17) is 0 Å². The molecule has 5 rings (SSSR count). The van der Waals surface area contributed by atoms with Gasteiger partial charge in [0, 0.05) is 54.4 Å². The number of pyridine rings is 1. The summed E-state index contributed by atoms with van der Waals surface area (Å²) in [6, 6.07) is 3.08. The lowest BCUT2D eigenvalue weighted by Crippen LogP contribution is -2.54. The van der Waals surface area contributed by atoms with Crippen LogP contribution in [0.4, 0.5) is 20.2 Å². The van der Waals surface area contributed by atoms with Crippen molar-refractivity contribution in [1.82, 2.24) is 19.1 Å². The van der Waals surface area contributed by atoms with Crippen LogP contribution in [0.1, 0.15) is 29.9 Å². The Kier molecular flexibility index (Phi) is 5.06. The molecule has 0 radical (unpaired) electrons. The molecule has 1 saturated heterocycles. The van der Waals surface area contributed by atoms with Crippen molar-refractivity contribution in [3.05, 3.63) is 52.8 Å². The fraction of sp³-hybridized carbons (Fsp3) is 0.318. The monoisotopic (exact) mass is 456 g/mol. The molecule has 4 heterocycles. The molecule has 1 amide bonds. The maximum absolute atomic E-state index is 15.3. The summed E-state index contributed by atoms with van der Waals surface area (Å²) in [5, 5.41) is 8.63. The number of fused-ring (bicyclic) bond motifs is 2. The molecular formula is C22H22F2N6OS. The molecule has 0 spiro atoms. The first-order valence-corrected chi connectivity index (χ1v) is 11.2. The number of nitrogens with zero attached hydrogens (tertiary/aromatic N) is 4. The number of amides is 1. The van der Waals surface area contributed by atoms with E-state index in [9.17, 15) is 9.18 Å². The molecule has 1 fully saturated rings. The van der Waals surface area contributed by atoms with Crippen LogP contribution in [0, 0.1) is 18.6 Å². The average Bonchev–Trinajstić information content (AvgIpc) is 3.32. The number of aromatic nitrogens is 3. The summed E-state index contributed by atoms with van der Waals surface area (Å²) in [5.41, 5.74) is 1.90. The normalized spacial score (nSPS) is 19.1. The van der Waals surface area contributed by atoms with Gasteiger partial charge in [-0.3, -0.25) is 4.79 Å². The fourth-order valence-corrected chi connectivity index (χ4v) is 5.11. The van der Waals surface area contributed by atoms with Crippen molar-refractivity contribution < 1.29 is 13.6 Å². The van der Waals surface area contributed by atoms with E-state index in [0.29, 0.717) is 11.2 Å². The van der Waals surface area contributed by atoms with Gasteiger partial charge in [-0.15, -0.1) is 0 Å². The largest absolute Gasteiger partial charge is 0.368 e. The number of anilines is 2. The van der Waals surface area contributed by atoms with Crippen molar-refractivity contribution in [2.24, 2.45) is 0 Å². The summed E-state index contributed by atoms with van der Waals surface area (Å²) in [6.45, 7) is 7.37. The molecule has 0 aliphatic carbocycles. The lowest BCUT2D eigenvalue weighted by Gasteiger charge is -2.38. The Bertz CT molecular complexity index is 1340. The average molecular weight is 457 g/mol. The van der Waals surface area contributed by atoms with Crippen LogP contribution >= 0.6 is 11.5 Å². The van der Waals surface area contributed by atoms with E-state index in [1.54, 1.807) is 19.3 Å². The van der Waals surface area contributed by atoms with E-state index in [1.807, 2.05) is 5.38 Å². The number of piperazine rings is 1.